The third kappa shape index (κ3) is 5.23. The van der Waals surface area contributed by atoms with Crippen molar-refractivity contribution < 1.29 is 14.3 Å². The molecule has 2 N–H and O–H groups in total. The van der Waals surface area contributed by atoms with Gasteiger partial charge in [0.25, 0.3) is 0 Å². The monoisotopic (exact) mass is 368 g/mol. The van der Waals surface area contributed by atoms with Crippen LogP contribution >= 0.6 is 0 Å². The third-order valence-electron chi connectivity index (χ3n) is 4.49. The molecule has 27 heavy (non-hydrogen) atoms. The molecule has 5 heteroatoms. The molecule has 1 aliphatic rings. The summed E-state index contributed by atoms with van der Waals surface area (Å²) in [6.45, 7) is 7.17. The van der Waals surface area contributed by atoms with Gasteiger partial charge in [-0.15, -0.1) is 0 Å². The molecule has 1 amide bonds. The van der Waals surface area contributed by atoms with E-state index in [1.165, 1.54) is 0 Å². The Morgan fingerprint density at radius 2 is 1.93 bits per heavy atom. The summed E-state index contributed by atoms with van der Waals surface area (Å²) in [5, 5.41) is 0. The van der Waals surface area contributed by atoms with Crippen molar-refractivity contribution in [3.63, 3.8) is 0 Å². The third-order valence-corrected chi connectivity index (χ3v) is 4.49. The molecule has 0 fully saturated rings. The summed E-state index contributed by atoms with van der Waals surface area (Å²) < 4.78 is 11.5. The van der Waals surface area contributed by atoms with E-state index in [0.717, 1.165) is 22.4 Å². The van der Waals surface area contributed by atoms with Gasteiger partial charge in [0.2, 0.25) is 0 Å². The zero-order chi connectivity index (χ0) is 19.4. The van der Waals surface area contributed by atoms with Crippen molar-refractivity contribution in [2.75, 3.05) is 6.54 Å². The van der Waals surface area contributed by atoms with Crippen molar-refractivity contribution >= 4 is 6.09 Å². The van der Waals surface area contributed by atoms with Gasteiger partial charge in [0, 0.05) is 19.1 Å². The van der Waals surface area contributed by atoms with Gasteiger partial charge in [-0.2, -0.15) is 0 Å². The minimum Gasteiger partial charge on any atom is -0.489 e. The van der Waals surface area contributed by atoms with Crippen molar-refractivity contribution in [2.24, 2.45) is 5.73 Å². The average molecular weight is 368 g/mol. The van der Waals surface area contributed by atoms with Crippen LogP contribution in [0.4, 0.5) is 4.79 Å². The molecule has 0 radical (unpaired) electrons. The Labute approximate surface area is 161 Å². The van der Waals surface area contributed by atoms with E-state index in [0.29, 0.717) is 26.1 Å². The number of carbonyl (C=O) groups is 1. The molecule has 0 aromatic heterocycles. The molecule has 144 valence electrons. The predicted octanol–water partition coefficient (Wildman–Crippen LogP) is 4.41. The first-order valence-electron chi connectivity index (χ1n) is 9.35. The topological polar surface area (TPSA) is 64.8 Å². The highest BCUT2D eigenvalue weighted by Gasteiger charge is 2.27. The number of carbonyl (C=O) groups excluding carboxylic acids is 1. The van der Waals surface area contributed by atoms with Crippen LogP contribution in [0.5, 0.6) is 5.75 Å². The standard InChI is InChI=1S/C22H28N2O3/c1-22(2,3)27-21(25)24-12-11-20(23)19-10-9-18(13-17(19)14-24)26-15-16-7-5-4-6-8-16/h4-10,13,20H,11-12,14-15,23H2,1-3H3. The summed E-state index contributed by atoms with van der Waals surface area (Å²) in [5.41, 5.74) is 9.00. The van der Waals surface area contributed by atoms with Crippen LogP contribution in [-0.2, 0) is 17.9 Å². The lowest BCUT2D eigenvalue weighted by atomic mass is 10.00. The molecule has 1 heterocycles. The lowest BCUT2D eigenvalue weighted by molar-refractivity contribution is 0.0235. The van der Waals surface area contributed by atoms with Crippen LogP contribution in [0.3, 0.4) is 0 Å². The quantitative estimate of drug-likeness (QED) is 0.872. The van der Waals surface area contributed by atoms with Gasteiger partial charge in [-0.1, -0.05) is 36.4 Å². The number of fused-ring (bicyclic) bond motifs is 1. The molecule has 0 saturated carbocycles. The minimum absolute atomic E-state index is 0.101. The van der Waals surface area contributed by atoms with Gasteiger partial charge in [0.15, 0.2) is 0 Å². The van der Waals surface area contributed by atoms with Gasteiger partial charge >= 0.3 is 6.09 Å². The normalized spacial score (nSPS) is 17.0. The Morgan fingerprint density at radius 3 is 2.63 bits per heavy atom. The highest BCUT2D eigenvalue weighted by atomic mass is 16.6. The molecule has 3 rings (SSSR count). The fourth-order valence-corrected chi connectivity index (χ4v) is 3.13. The highest BCUT2D eigenvalue weighted by Crippen LogP contribution is 2.29. The molecule has 0 saturated heterocycles. The van der Waals surface area contributed by atoms with E-state index >= 15 is 0 Å². The Hall–Kier alpha value is -2.53. The lowest BCUT2D eigenvalue weighted by Crippen LogP contribution is -2.36. The van der Waals surface area contributed by atoms with Crippen LogP contribution in [0.2, 0.25) is 0 Å². The number of benzene rings is 2. The van der Waals surface area contributed by atoms with Gasteiger partial charge in [-0.3, -0.25) is 0 Å². The zero-order valence-electron chi connectivity index (χ0n) is 16.3. The number of amides is 1. The van der Waals surface area contributed by atoms with E-state index in [4.69, 9.17) is 15.2 Å². The summed E-state index contributed by atoms with van der Waals surface area (Å²) >= 11 is 0. The van der Waals surface area contributed by atoms with Crippen molar-refractivity contribution in [1.29, 1.82) is 0 Å². The second-order valence-electron chi connectivity index (χ2n) is 7.93. The Kier molecular flexibility index (Phi) is 5.71. The molecule has 0 bridgehead atoms. The first-order valence-corrected chi connectivity index (χ1v) is 9.35. The van der Waals surface area contributed by atoms with E-state index in [-0.39, 0.29) is 12.1 Å². The maximum atomic E-state index is 12.5. The molecule has 1 atom stereocenters. The summed E-state index contributed by atoms with van der Waals surface area (Å²) in [7, 11) is 0. The summed E-state index contributed by atoms with van der Waals surface area (Å²) in [5.74, 6) is 0.774. The Morgan fingerprint density at radius 1 is 1.19 bits per heavy atom. The number of hydrogen-bond donors (Lipinski definition) is 1. The van der Waals surface area contributed by atoms with Crippen LogP contribution in [-0.4, -0.2) is 23.1 Å². The number of ether oxygens (including phenoxy) is 2. The van der Waals surface area contributed by atoms with E-state index in [2.05, 4.69) is 0 Å². The lowest BCUT2D eigenvalue weighted by Gasteiger charge is -2.26. The smallest absolute Gasteiger partial charge is 0.410 e. The largest absolute Gasteiger partial charge is 0.489 e. The number of nitrogens with two attached hydrogens (primary N) is 1. The van der Waals surface area contributed by atoms with Crippen molar-refractivity contribution in [3.05, 3.63) is 65.2 Å². The molecule has 2 aromatic rings. The van der Waals surface area contributed by atoms with Gasteiger partial charge < -0.3 is 20.1 Å². The highest BCUT2D eigenvalue weighted by molar-refractivity contribution is 5.68. The van der Waals surface area contributed by atoms with Crippen LogP contribution in [0.1, 0.15) is 49.9 Å². The summed E-state index contributed by atoms with van der Waals surface area (Å²) in [6, 6.07) is 15.9. The molecule has 2 aromatic carbocycles. The van der Waals surface area contributed by atoms with Crippen LogP contribution < -0.4 is 10.5 Å². The predicted molar refractivity (Wildman–Crippen MR) is 105 cm³/mol. The van der Waals surface area contributed by atoms with Gasteiger partial charge in [0.1, 0.15) is 18.0 Å². The molecular formula is C22H28N2O3. The summed E-state index contributed by atoms with van der Waals surface area (Å²) in [6.07, 6.45) is 0.398. The van der Waals surface area contributed by atoms with Crippen molar-refractivity contribution in [3.8, 4) is 5.75 Å². The molecular weight excluding hydrogens is 340 g/mol. The number of rotatable bonds is 3. The van der Waals surface area contributed by atoms with Gasteiger partial charge in [0.05, 0.1) is 0 Å². The zero-order valence-corrected chi connectivity index (χ0v) is 16.3. The number of hydrogen-bond acceptors (Lipinski definition) is 4. The van der Waals surface area contributed by atoms with E-state index in [1.807, 2.05) is 69.3 Å². The minimum atomic E-state index is -0.519. The van der Waals surface area contributed by atoms with Crippen molar-refractivity contribution in [2.45, 2.75) is 52.0 Å². The van der Waals surface area contributed by atoms with E-state index < -0.39 is 5.60 Å². The fraction of sp³-hybridized carbons (Fsp3) is 0.409. The fourth-order valence-electron chi connectivity index (χ4n) is 3.13. The van der Waals surface area contributed by atoms with E-state index in [1.54, 1.807) is 4.90 Å². The number of nitrogens with zero attached hydrogens (tertiary/aromatic N) is 1. The van der Waals surface area contributed by atoms with E-state index in [9.17, 15) is 4.79 Å². The maximum Gasteiger partial charge on any atom is 0.410 e. The van der Waals surface area contributed by atoms with Crippen LogP contribution in [0.15, 0.2) is 48.5 Å². The second-order valence-corrected chi connectivity index (χ2v) is 7.93. The van der Waals surface area contributed by atoms with Gasteiger partial charge in [-0.25, -0.2) is 4.79 Å². The maximum absolute atomic E-state index is 12.5. The van der Waals surface area contributed by atoms with Crippen LogP contribution in [0, 0.1) is 0 Å². The second kappa shape index (κ2) is 8.01. The molecule has 5 nitrogen and oxygen atoms in total. The Bertz CT molecular complexity index is 784. The summed E-state index contributed by atoms with van der Waals surface area (Å²) in [4.78, 5) is 14.2. The van der Waals surface area contributed by atoms with Crippen molar-refractivity contribution in [1.82, 2.24) is 4.90 Å². The van der Waals surface area contributed by atoms with Crippen LogP contribution in [0.25, 0.3) is 0 Å². The molecule has 0 spiro atoms. The van der Waals surface area contributed by atoms with Gasteiger partial charge in [-0.05, 0) is 56.0 Å². The Balaban J connectivity index is 1.75. The first-order chi connectivity index (χ1) is 12.8. The molecule has 1 aliphatic heterocycles. The molecule has 0 aliphatic carbocycles. The molecule has 1 unspecified atom stereocenters. The average Bonchev–Trinajstić information content (AvgIpc) is 2.78. The SMILES string of the molecule is CC(C)(C)OC(=O)N1CCC(N)c2ccc(OCc3ccccc3)cc2C1. The first kappa shape index (κ1) is 19.2.